The van der Waals surface area contributed by atoms with Gasteiger partial charge in [-0.25, -0.2) is 4.79 Å². The van der Waals surface area contributed by atoms with Gasteiger partial charge in [-0.3, -0.25) is 14.4 Å². The second-order valence-corrected chi connectivity index (χ2v) is 4.59. The highest BCUT2D eigenvalue weighted by atomic mass is 16.5. The number of morpholine rings is 1. The summed E-state index contributed by atoms with van der Waals surface area (Å²) in [5.74, 6) is -2.68. The lowest BCUT2D eigenvalue weighted by atomic mass is 10.1. The minimum absolute atomic E-state index is 0.0685. The van der Waals surface area contributed by atoms with Gasteiger partial charge >= 0.3 is 12.0 Å². The van der Waals surface area contributed by atoms with E-state index in [4.69, 9.17) is 21.3 Å². The summed E-state index contributed by atoms with van der Waals surface area (Å²) >= 11 is 0. The number of nitrogens with two attached hydrogens (primary N) is 2. The Balaban J connectivity index is 2.84. The summed E-state index contributed by atoms with van der Waals surface area (Å²) < 4.78 is 5.15. The van der Waals surface area contributed by atoms with E-state index in [2.05, 4.69) is 0 Å². The average Bonchev–Trinajstić information content (AvgIpc) is 2.36. The molecule has 0 aliphatic carbocycles. The Hall–Kier alpha value is -2.36. The molecule has 1 heterocycles. The van der Waals surface area contributed by atoms with Gasteiger partial charge < -0.3 is 31.1 Å². The van der Waals surface area contributed by atoms with Gasteiger partial charge in [-0.05, 0) is 0 Å². The van der Waals surface area contributed by atoms with Crippen LogP contribution >= 0.6 is 0 Å². The predicted octanol–water partition coefficient (Wildman–Crippen LogP) is -2.45. The molecule has 5 N–H and O–H groups in total. The van der Waals surface area contributed by atoms with E-state index in [-0.39, 0.29) is 26.2 Å². The van der Waals surface area contributed by atoms with Gasteiger partial charge in [-0.1, -0.05) is 0 Å². The van der Waals surface area contributed by atoms with Crippen LogP contribution in [0.2, 0.25) is 0 Å². The van der Waals surface area contributed by atoms with E-state index in [1.54, 1.807) is 0 Å². The molecule has 10 heteroatoms. The molecule has 1 fully saturated rings. The van der Waals surface area contributed by atoms with Crippen LogP contribution in [0.3, 0.4) is 0 Å². The molecule has 4 amide bonds. The maximum absolute atomic E-state index is 12.3. The number of primary amides is 2. The van der Waals surface area contributed by atoms with Gasteiger partial charge in [0.15, 0.2) is 0 Å². The highest BCUT2D eigenvalue weighted by molar-refractivity contribution is 5.87. The molecular weight excluding hydrogens is 284 g/mol. The Morgan fingerprint density at radius 2 is 1.76 bits per heavy atom. The number of hydrogen-bond acceptors (Lipinski definition) is 5. The minimum Gasteiger partial charge on any atom is -0.481 e. The van der Waals surface area contributed by atoms with Gasteiger partial charge in [0.25, 0.3) is 0 Å². The van der Waals surface area contributed by atoms with E-state index in [1.165, 1.54) is 4.90 Å². The van der Waals surface area contributed by atoms with Crippen LogP contribution in [0.15, 0.2) is 0 Å². The Morgan fingerprint density at radius 3 is 2.24 bits per heavy atom. The Bertz CT molecular complexity index is 424. The van der Waals surface area contributed by atoms with Crippen molar-refractivity contribution in [2.45, 2.75) is 12.5 Å². The van der Waals surface area contributed by atoms with Crippen LogP contribution in [0.5, 0.6) is 0 Å². The summed E-state index contributed by atoms with van der Waals surface area (Å²) in [7, 11) is 0. The van der Waals surface area contributed by atoms with Crippen molar-refractivity contribution >= 4 is 23.8 Å². The zero-order chi connectivity index (χ0) is 16.0. The third-order valence-corrected chi connectivity index (χ3v) is 2.85. The second-order valence-electron chi connectivity index (χ2n) is 4.59. The Kier molecular flexibility index (Phi) is 5.91. The summed E-state index contributed by atoms with van der Waals surface area (Å²) in [6, 6.07) is -1.34. The highest BCUT2D eigenvalue weighted by Crippen LogP contribution is 2.13. The molecule has 1 aliphatic heterocycles. The quantitative estimate of drug-likeness (QED) is 0.494. The number of aliphatic carboxylic acids is 1. The number of carboxylic acids is 1. The van der Waals surface area contributed by atoms with Gasteiger partial charge in [-0.15, -0.1) is 0 Å². The molecule has 0 aromatic carbocycles. The number of urea groups is 1. The third-order valence-electron chi connectivity index (χ3n) is 2.85. The summed E-state index contributed by atoms with van der Waals surface area (Å²) in [4.78, 5) is 47.3. The lowest BCUT2D eigenvalue weighted by Crippen LogP contribution is -2.56. The molecule has 0 aromatic rings. The summed E-state index contributed by atoms with van der Waals surface area (Å²) in [6.45, 7) is -0.482. The molecule has 1 rings (SSSR count). The molecule has 21 heavy (non-hydrogen) atoms. The van der Waals surface area contributed by atoms with Crippen LogP contribution in [0.1, 0.15) is 6.42 Å². The number of carbonyl (C=O) groups excluding carboxylic acids is 3. The van der Waals surface area contributed by atoms with Crippen molar-refractivity contribution in [3.63, 3.8) is 0 Å². The van der Waals surface area contributed by atoms with Crippen molar-refractivity contribution in [3.05, 3.63) is 0 Å². The molecule has 1 unspecified atom stereocenters. The molecule has 0 aromatic heterocycles. The summed E-state index contributed by atoms with van der Waals surface area (Å²) in [5.41, 5.74) is 10.1. The lowest BCUT2D eigenvalue weighted by Gasteiger charge is -2.37. The standard InChI is InChI=1S/C11H18N4O6/c12-8(16)4-14(5-9(13)17)11(20)15-1-2-21-6-7(15)3-10(18)19/h7H,1-6H2,(H2,12,16)(H2,13,17)(H,18,19). The second kappa shape index (κ2) is 7.43. The van der Waals surface area contributed by atoms with Gasteiger partial charge in [0.1, 0.15) is 13.1 Å². The van der Waals surface area contributed by atoms with Crippen molar-refractivity contribution in [3.8, 4) is 0 Å². The molecular formula is C11H18N4O6. The van der Waals surface area contributed by atoms with E-state index in [0.717, 1.165) is 4.90 Å². The summed E-state index contributed by atoms with van der Waals surface area (Å²) in [6.07, 6.45) is -0.299. The molecule has 118 valence electrons. The minimum atomic E-state index is -1.08. The van der Waals surface area contributed by atoms with Crippen molar-refractivity contribution < 1.29 is 29.0 Å². The van der Waals surface area contributed by atoms with Gasteiger partial charge in [0, 0.05) is 6.54 Å². The first-order valence-electron chi connectivity index (χ1n) is 6.23. The van der Waals surface area contributed by atoms with Crippen LogP contribution in [0.25, 0.3) is 0 Å². The lowest BCUT2D eigenvalue weighted by molar-refractivity contribution is -0.139. The number of hydrogen-bond donors (Lipinski definition) is 3. The van der Waals surface area contributed by atoms with E-state index < -0.39 is 42.9 Å². The topological polar surface area (TPSA) is 156 Å². The zero-order valence-electron chi connectivity index (χ0n) is 11.4. The van der Waals surface area contributed by atoms with E-state index >= 15 is 0 Å². The van der Waals surface area contributed by atoms with Gasteiger partial charge in [-0.2, -0.15) is 0 Å². The molecule has 0 saturated carbocycles. The van der Waals surface area contributed by atoms with Crippen molar-refractivity contribution in [2.75, 3.05) is 32.8 Å². The first-order chi connectivity index (χ1) is 9.81. The number of carbonyl (C=O) groups is 4. The highest BCUT2D eigenvalue weighted by Gasteiger charge is 2.32. The number of rotatable bonds is 6. The summed E-state index contributed by atoms with van der Waals surface area (Å²) in [5, 5.41) is 8.84. The largest absolute Gasteiger partial charge is 0.481 e. The van der Waals surface area contributed by atoms with Crippen molar-refractivity contribution in [2.24, 2.45) is 11.5 Å². The van der Waals surface area contributed by atoms with Crippen LogP contribution in [0.4, 0.5) is 4.79 Å². The van der Waals surface area contributed by atoms with Crippen molar-refractivity contribution in [1.82, 2.24) is 9.80 Å². The number of amides is 4. The normalized spacial score (nSPS) is 18.1. The third kappa shape index (κ3) is 5.26. The van der Waals surface area contributed by atoms with Crippen LogP contribution in [0, 0.1) is 0 Å². The van der Waals surface area contributed by atoms with E-state index in [0.29, 0.717) is 0 Å². The Morgan fingerprint density at radius 1 is 1.19 bits per heavy atom. The Labute approximate surface area is 120 Å². The molecule has 0 radical (unpaired) electrons. The molecule has 1 aliphatic rings. The number of carboxylic acid groups (broad SMARTS) is 1. The smallest absolute Gasteiger partial charge is 0.321 e. The molecule has 0 bridgehead atoms. The molecule has 1 atom stereocenters. The maximum Gasteiger partial charge on any atom is 0.321 e. The molecule has 1 saturated heterocycles. The van der Waals surface area contributed by atoms with Crippen LogP contribution < -0.4 is 11.5 Å². The van der Waals surface area contributed by atoms with E-state index in [9.17, 15) is 19.2 Å². The fourth-order valence-electron chi connectivity index (χ4n) is 2.03. The van der Waals surface area contributed by atoms with Crippen LogP contribution in [-0.2, 0) is 19.1 Å². The predicted molar refractivity (Wildman–Crippen MR) is 68.9 cm³/mol. The SMILES string of the molecule is NC(=O)CN(CC(N)=O)C(=O)N1CCOCC1CC(=O)O. The van der Waals surface area contributed by atoms with Gasteiger partial charge in [0.05, 0.1) is 25.7 Å². The fourth-order valence-corrected chi connectivity index (χ4v) is 2.03. The zero-order valence-corrected chi connectivity index (χ0v) is 11.4. The number of ether oxygens (including phenoxy) is 1. The van der Waals surface area contributed by atoms with Crippen molar-refractivity contribution in [1.29, 1.82) is 0 Å². The first-order valence-corrected chi connectivity index (χ1v) is 6.23. The monoisotopic (exact) mass is 302 g/mol. The fraction of sp³-hybridized carbons (Fsp3) is 0.636. The molecule has 0 spiro atoms. The average molecular weight is 302 g/mol. The van der Waals surface area contributed by atoms with Gasteiger partial charge in [0.2, 0.25) is 11.8 Å². The first kappa shape index (κ1) is 16.7. The van der Waals surface area contributed by atoms with E-state index in [1.807, 2.05) is 0 Å². The molecule has 10 nitrogen and oxygen atoms in total. The van der Waals surface area contributed by atoms with Crippen LogP contribution in [-0.4, -0.2) is 77.6 Å². The number of nitrogens with zero attached hydrogens (tertiary/aromatic N) is 2. The maximum atomic E-state index is 12.3.